The van der Waals surface area contributed by atoms with E-state index in [1.807, 2.05) is 29.3 Å². The molecule has 25 heavy (non-hydrogen) atoms. The van der Waals surface area contributed by atoms with Crippen LogP contribution in [0.25, 0.3) is 0 Å². The molecular formula is C21H25N3O. The highest BCUT2D eigenvalue weighted by atomic mass is 16.2. The molecule has 0 radical (unpaired) electrons. The molecule has 0 bridgehead atoms. The number of rotatable bonds is 3. The number of benzene rings is 1. The van der Waals surface area contributed by atoms with Crippen molar-refractivity contribution in [1.29, 1.82) is 0 Å². The van der Waals surface area contributed by atoms with E-state index in [0.717, 1.165) is 37.6 Å². The molecule has 2 aromatic rings. The quantitative estimate of drug-likeness (QED) is 0.865. The third-order valence-electron chi connectivity index (χ3n) is 5.37. The second-order valence-electron chi connectivity index (χ2n) is 7.04. The van der Waals surface area contributed by atoms with Crippen LogP contribution in [0.3, 0.4) is 0 Å². The van der Waals surface area contributed by atoms with Crippen LogP contribution < -0.4 is 4.90 Å². The molecule has 0 saturated carbocycles. The van der Waals surface area contributed by atoms with Crippen LogP contribution in [0.1, 0.15) is 29.5 Å². The maximum Gasteiger partial charge on any atom is 0.227 e. The largest absolute Gasteiger partial charge is 0.353 e. The van der Waals surface area contributed by atoms with Crippen LogP contribution in [0.5, 0.6) is 0 Å². The average Bonchev–Trinajstić information content (AvgIpc) is 2.69. The van der Waals surface area contributed by atoms with Gasteiger partial charge < -0.3 is 9.80 Å². The third kappa shape index (κ3) is 3.68. The number of hydrogen-bond donors (Lipinski definition) is 0. The number of amides is 1. The van der Waals surface area contributed by atoms with Crippen molar-refractivity contribution in [2.24, 2.45) is 0 Å². The summed E-state index contributed by atoms with van der Waals surface area (Å²) in [6, 6.07) is 12.6. The summed E-state index contributed by atoms with van der Waals surface area (Å²) in [5, 5.41) is 0. The smallest absolute Gasteiger partial charge is 0.227 e. The zero-order valence-corrected chi connectivity index (χ0v) is 14.7. The van der Waals surface area contributed by atoms with Crippen molar-refractivity contribution < 1.29 is 4.79 Å². The highest BCUT2D eigenvalue weighted by molar-refractivity contribution is 5.79. The van der Waals surface area contributed by atoms with Crippen LogP contribution >= 0.6 is 0 Å². The van der Waals surface area contributed by atoms with Crippen molar-refractivity contribution in [3.05, 3.63) is 59.3 Å². The summed E-state index contributed by atoms with van der Waals surface area (Å²) in [7, 11) is 0. The molecule has 4 rings (SSSR count). The van der Waals surface area contributed by atoms with Crippen molar-refractivity contribution in [2.75, 3.05) is 31.1 Å². The van der Waals surface area contributed by atoms with E-state index in [9.17, 15) is 4.79 Å². The molecule has 1 aliphatic carbocycles. The number of carbonyl (C=O) groups is 1. The third-order valence-corrected chi connectivity index (χ3v) is 5.37. The molecule has 1 amide bonds. The summed E-state index contributed by atoms with van der Waals surface area (Å²) < 4.78 is 0. The molecule has 0 spiro atoms. The van der Waals surface area contributed by atoms with Crippen molar-refractivity contribution in [1.82, 2.24) is 9.88 Å². The number of carbonyl (C=O) groups excluding carboxylic acids is 1. The van der Waals surface area contributed by atoms with Gasteiger partial charge in [0.15, 0.2) is 0 Å². The predicted molar refractivity (Wildman–Crippen MR) is 99.8 cm³/mol. The van der Waals surface area contributed by atoms with Gasteiger partial charge in [0.1, 0.15) is 5.82 Å². The van der Waals surface area contributed by atoms with Gasteiger partial charge >= 0.3 is 0 Å². The zero-order chi connectivity index (χ0) is 17.1. The summed E-state index contributed by atoms with van der Waals surface area (Å²) in [5.41, 5.74) is 4.10. The molecule has 1 aromatic carbocycles. The van der Waals surface area contributed by atoms with Gasteiger partial charge in [0, 0.05) is 32.4 Å². The Kier molecular flexibility index (Phi) is 4.68. The Morgan fingerprint density at radius 1 is 0.960 bits per heavy atom. The first-order valence-electron chi connectivity index (χ1n) is 9.34. The first-order chi connectivity index (χ1) is 12.3. The van der Waals surface area contributed by atoms with Gasteiger partial charge in [-0.15, -0.1) is 0 Å². The molecular weight excluding hydrogens is 310 g/mol. The number of nitrogens with zero attached hydrogens (tertiary/aromatic N) is 3. The normalized spacial score (nSPS) is 17.3. The Bertz CT molecular complexity index is 736. The minimum Gasteiger partial charge on any atom is -0.353 e. The lowest BCUT2D eigenvalue weighted by Crippen LogP contribution is -2.49. The van der Waals surface area contributed by atoms with Gasteiger partial charge in [0.05, 0.1) is 6.42 Å². The Hall–Kier alpha value is -2.36. The van der Waals surface area contributed by atoms with E-state index in [1.54, 1.807) is 0 Å². The number of piperazine rings is 1. The number of anilines is 1. The Morgan fingerprint density at radius 2 is 1.76 bits per heavy atom. The molecule has 4 nitrogen and oxygen atoms in total. The number of fused-ring (bicyclic) bond motifs is 1. The summed E-state index contributed by atoms with van der Waals surface area (Å²) in [5.74, 6) is 1.25. The average molecular weight is 335 g/mol. The summed E-state index contributed by atoms with van der Waals surface area (Å²) in [6.07, 6.45) is 7.28. The minimum absolute atomic E-state index is 0.247. The van der Waals surface area contributed by atoms with E-state index in [2.05, 4.69) is 28.1 Å². The molecule has 130 valence electrons. The van der Waals surface area contributed by atoms with Crippen molar-refractivity contribution in [3.8, 4) is 0 Å². The van der Waals surface area contributed by atoms with Gasteiger partial charge in [0.2, 0.25) is 5.91 Å². The lowest BCUT2D eigenvalue weighted by Gasteiger charge is -2.35. The van der Waals surface area contributed by atoms with Crippen LogP contribution in [-0.4, -0.2) is 42.0 Å². The first-order valence-corrected chi connectivity index (χ1v) is 9.34. The molecule has 1 aromatic heterocycles. The maximum absolute atomic E-state index is 12.7. The lowest BCUT2D eigenvalue weighted by molar-refractivity contribution is -0.130. The van der Waals surface area contributed by atoms with Crippen molar-refractivity contribution in [3.63, 3.8) is 0 Å². The minimum atomic E-state index is 0.247. The fourth-order valence-corrected chi connectivity index (χ4v) is 3.91. The summed E-state index contributed by atoms with van der Waals surface area (Å²) in [4.78, 5) is 21.3. The van der Waals surface area contributed by atoms with E-state index >= 15 is 0 Å². The molecule has 2 heterocycles. The number of pyridine rings is 1. The first kappa shape index (κ1) is 16.1. The Labute approximate surface area is 149 Å². The Balaban J connectivity index is 1.35. The van der Waals surface area contributed by atoms with E-state index < -0.39 is 0 Å². The molecule has 4 heteroatoms. The second kappa shape index (κ2) is 7.26. The van der Waals surface area contributed by atoms with E-state index in [1.165, 1.54) is 36.8 Å². The van der Waals surface area contributed by atoms with Crippen LogP contribution in [0.2, 0.25) is 0 Å². The molecule has 0 unspecified atom stereocenters. The molecule has 1 saturated heterocycles. The topological polar surface area (TPSA) is 36.4 Å². The van der Waals surface area contributed by atoms with Gasteiger partial charge in [-0.2, -0.15) is 0 Å². The fraction of sp³-hybridized carbons (Fsp3) is 0.429. The van der Waals surface area contributed by atoms with Crippen LogP contribution in [0.15, 0.2) is 42.6 Å². The second-order valence-corrected chi connectivity index (χ2v) is 7.04. The number of hydrogen-bond acceptors (Lipinski definition) is 3. The number of aromatic nitrogens is 1. The molecule has 1 aliphatic heterocycles. The zero-order valence-electron chi connectivity index (χ0n) is 14.7. The lowest BCUT2D eigenvalue weighted by atomic mass is 9.90. The van der Waals surface area contributed by atoms with Gasteiger partial charge in [-0.05, 0) is 54.5 Å². The summed E-state index contributed by atoms with van der Waals surface area (Å²) in [6.45, 7) is 3.26. The highest BCUT2D eigenvalue weighted by Crippen LogP contribution is 2.23. The molecule has 2 aliphatic rings. The van der Waals surface area contributed by atoms with Gasteiger partial charge in [0.25, 0.3) is 0 Å². The van der Waals surface area contributed by atoms with Gasteiger partial charge in [-0.25, -0.2) is 4.98 Å². The SMILES string of the molecule is O=C(Cc1ccc2c(c1)CCCC2)N1CCN(c2ccccn2)CC1. The van der Waals surface area contributed by atoms with Crippen LogP contribution in [-0.2, 0) is 24.1 Å². The highest BCUT2D eigenvalue weighted by Gasteiger charge is 2.22. The van der Waals surface area contributed by atoms with Crippen molar-refractivity contribution in [2.45, 2.75) is 32.1 Å². The molecule has 0 atom stereocenters. The Morgan fingerprint density at radius 3 is 2.52 bits per heavy atom. The van der Waals surface area contributed by atoms with Crippen LogP contribution in [0, 0.1) is 0 Å². The molecule has 0 N–H and O–H groups in total. The summed E-state index contributed by atoms with van der Waals surface area (Å²) >= 11 is 0. The standard InChI is InChI=1S/C21H25N3O/c25-21(16-17-8-9-18-5-1-2-6-19(18)15-17)24-13-11-23(12-14-24)20-7-3-4-10-22-20/h3-4,7-10,15H,1-2,5-6,11-14,16H2. The van der Waals surface area contributed by atoms with Gasteiger partial charge in [-0.1, -0.05) is 24.3 Å². The van der Waals surface area contributed by atoms with Crippen molar-refractivity contribution >= 4 is 11.7 Å². The monoisotopic (exact) mass is 335 g/mol. The van der Waals surface area contributed by atoms with E-state index in [4.69, 9.17) is 0 Å². The van der Waals surface area contributed by atoms with E-state index in [0.29, 0.717) is 6.42 Å². The maximum atomic E-state index is 12.7. The fourth-order valence-electron chi connectivity index (χ4n) is 3.91. The van der Waals surface area contributed by atoms with Gasteiger partial charge in [-0.3, -0.25) is 4.79 Å². The number of aryl methyl sites for hydroxylation is 2. The van der Waals surface area contributed by atoms with Crippen LogP contribution in [0.4, 0.5) is 5.82 Å². The predicted octanol–water partition coefficient (Wildman–Crippen LogP) is 2.85. The molecule has 1 fully saturated rings. The van der Waals surface area contributed by atoms with E-state index in [-0.39, 0.29) is 5.91 Å².